The molecule has 3 aromatic rings. The average Bonchev–Trinajstić information content (AvgIpc) is 3.35. The lowest BCUT2D eigenvalue weighted by molar-refractivity contribution is -0.116. The lowest BCUT2D eigenvalue weighted by Gasteiger charge is -2.17. The zero-order valence-electron chi connectivity index (χ0n) is 16.2. The van der Waals surface area contributed by atoms with Crippen molar-refractivity contribution in [3.8, 4) is 0 Å². The van der Waals surface area contributed by atoms with Crippen LogP contribution in [0.1, 0.15) is 37.4 Å². The maximum absolute atomic E-state index is 12.1. The van der Waals surface area contributed by atoms with Crippen molar-refractivity contribution in [3.05, 3.63) is 52.5 Å². The molecule has 0 aliphatic heterocycles. The molecule has 0 radical (unpaired) electrons. The Morgan fingerprint density at radius 2 is 2.00 bits per heavy atom. The van der Waals surface area contributed by atoms with Gasteiger partial charge in [-0.15, -0.1) is 21.5 Å². The number of rotatable bonds is 8. The lowest BCUT2D eigenvalue weighted by Crippen LogP contribution is -2.22. The molecule has 7 nitrogen and oxygen atoms in total. The van der Waals surface area contributed by atoms with Crippen LogP contribution in [0.15, 0.2) is 41.8 Å². The van der Waals surface area contributed by atoms with Crippen molar-refractivity contribution < 1.29 is 9.59 Å². The van der Waals surface area contributed by atoms with Crippen LogP contribution in [0.3, 0.4) is 0 Å². The summed E-state index contributed by atoms with van der Waals surface area (Å²) in [6.07, 6.45) is 6.01. The summed E-state index contributed by atoms with van der Waals surface area (Å²) in [5, 5.41) is 14.5. The number of aromatic nitrogens is 3. The van der Waals surface area contributed by atoms with Crippen molar-refractivity contribution >= 4 is 56.5 Å². The zero-order chi connectivity index (χ0) is 20.6. The van der Waals surface area contributed by atoms with Crippen molar-refractivity contribution in [2.45, 2.75) is 33.1 Å². The van der Waals surface area contributed by atoms with E-state index in [4.69, 9.17) is 0 Å². The van der Waals surface area contributed by atoms with Gasteiger partial charge in [0.25, 0.3) is 0 Å². The minimum atomic E-state index is -0.302. The highest BCUT2D eigenvalue weighted by atomic mass is 32.1. The number of carbonyl (C=O) groups is 2. The standard InChI is InChI=1S/C20H21N5O2S2/c1-3-4-10-18-23-24-19(29-18)22-17(27)12-11-15-13-28-20(21-15)25(14(2)26)16-8-6-5-7-9-16/h5-9,11-13H,3-4,10H2,1-2H3,(H,22,24,27)/b12-11-. The Hall–Kier alpha value is -2.91. The summed E-state index contributed by atoms with van der Waals surface area (Å²) >= 11 is 2.72. The van der Waals surface area contributed by atoms with Gasteiger partial charge in [-0.3, -0.25) is 19.8 Å². The third-order valence-electron chi connectivity index (χ3n) is 3.88. The van der Waals surface area contributed by atoms with Crippen molar-refractivity contribution in [3.63, 3.8) is 0 Å². The topological polar surface area (TPSA) is 88.1 Å². The molecule has 1 aromatic carbocycles. The molecule has 2 aromatic heterocycles. The fourth-order valence-corrected chi connectivity index (χ4v) is 4.14. The number of nitrogens with zero attached hydrogens (tertiary/aromatic N) is 4. The van der Waals surface area contributed by atoms with Crippen molar-refractivity contribution in [1.29, 1.82) is 0 Å². The zero-order valence-corrected chi connectivity index (χ0v) is 17.8. The number of thiazole rings is 1. The minimum Gasteiger partial charge on any atom is -0.297 e. The van der Waals surface area contributed by atoms with E-state index in [1.54, 1.807) is 16.4 Å². The predicted octanol–water partition coefficient (Wildman–Crippen LogP) is 4.67. The summed E-state index contributed by atoms with van der Waals surface area (Å²) in [5.74, 6) is -0.432. The third kappa shape index (κ3) is 5.78. The van der Waals surface area contributed by atoms with E-state index < -0.39 is 0 Å². The van der Waals surface area contributed by atoms with Crippen molar-refractivity contribution in [1.82, 2.24) is 15.2 Å². The fourth-order valence-electron chi connectivity index (χ4n) is 2.50. The molecule has 0 aliphatic rings. The Kier molecular flexibility index (Phi) is 7.20. The van der Waals surface area contributed by atoms with E-state index in [9.17, 15) is 9.59 Å². The Balaban J connectivity index is 1.64. The number of unbranched alkanes of at least 4 members (excludes halogenated alkanes) is 1. The average molecular weight is 428 g/mol. The summed E-state index contributed by atoms with van der Waals surface area (Å²) < 4.78 is 0. The number of hydrogen-bond acceptors (Lipinski definition) is 7. The number of nitrogens with one attached hydrogen (secondary N) is 1. The number of aryl methyl sites for hydroxylation is 1. The van der Waals surface area contributed by atoms with Crippen molar-refractivity contribution in [2.75, 3.05) is 10.2 Å². The molecule has 0 unspecified atom stereocenters. The molecule has 9 heteroatoms. The van der Waals surface area contributed by atoms with Gasteiger partial charge in [-0.2, -0.15) is 0 Å². The first-order chi connectivity index (χ1) is 14.1. The molecule has 0 aliphatic carbocycles. The van der Waals surface area contributed by atoms with E-state index in [0.717, 1.165) is 30.0 Å². The van der Waals surface area contributed by atoms with Crippen LogP contribution in [0.5, 0.6) is 0 Å². The second-order valence-corrected chi connectivity index (χ2v) is 8.07. The Morgan fingerprint density at radius 1 is 1.21 bits per heavy atom. The molecular weight excluding hydrogens is 406 g/mol. The first kappa shape index (κ1) is 20.8. The maximum atomic E-state index is 12.1. The van der Waals surface area contributed by atoms with Gasteiger partial charge in [0.05, 0.1) is 11.4 Å². The first-order valence-corrected chi connectivity index (χ1v) is 10.9. The highest BCUT2D eigenvalue weighted by Crippen LogP contribution is 2.29. The smallest absolute Gasteiger partial charge is 0.250 e. The van der Waals surface area contributed by atoms with Gasteiger partial charge in [-0.1, -0.05) is 42.9 Å². The quantitative estimate of drug-likeness (QED) is 0.528. The molecule has 2 heterocycles. The molecular formula is C20H21N5O2S2. The highest BCUT2D eigenvalue weighted by Gasteiger charge is 2.17. The van der Waals surface area contributed by atoms with Crippen molar-refractivity contribution in [2.24, 2.45) is 0 Å². The molecule has 0 atom stereocenters. The fraction of sp³-hybridized carbons (Fsp3) is 0.250. The van der Waals surface area contributed by atoms with Crippen LogP contribution >= 0.6 is 22.7 Å². The second kappa shape index (κ2) is 10.0. The second-order valence-electron chi connectivity index (χ2n) is 6.17. The minimum absolute atomic E-state index is 0.131. The van der Waals surface area contributed by atoms with E-state index >= 15 is 0 Å². The molecule has 1 N–H and O–H groups in total. The van der Waals surface area contributed by atoms with Crippen LogP contribution < -0.4 is 10.2 Å². The van der Waals surface area contributed by atoms with Crippen LogP contribution in [0.25, 0.3) is 6.08 Å². The predicted molar refractivity (Wildman–Crippen MR) is 118 cm³/mol. The summed E-state index contributed by atoms with van der Waals surface area (Å²) in [5.41, 5.74) is 1.35. The number of para-hydroxylation sites is 1. The SMILES string of the molecule is CCCCc1nnc(NC(=O)/C=C\c2csc(N(C(C)=O)c3ccccc3)n2)s1. The van der Waals surface area contributed by atoms with Gasteiger partial charge in [0.2, 0.25) is 16.9 Å². The monoisotopic (exact) mass is 427 g/mol. The summed E-state index contributed by atoms with van der Waals surface area (Å²) in [4.78, 5) is 30.2. The molecule has 2 amide bonds. The number of hydrogen-bond donors (Lipinski definition) is 1. The third-order valence-corrected chi connectivity index (χ3v) is 5.62. The molecule has 150 valence electrons. The van der Waals surface area contributed by atoms with E-state index in [0.29, 0.717) is 16.0 Å². The number of amides is 2. The lowest BCUT2D eigenvalue weighted by atomic mass is 10.3. The van der Waals surface area contributed by atoms with Crippen LogP contribution in [-0.2, 0) is 16.0 Å². The normalized spacial score (nSPS) is 11.0. The van der Waals surface area contributed by atoms with E-state index in [1.807, 2.05) is 30.3 Å². The number of carbonyl (C=O) groups excluding carboxylic acids is 2. The Bertz CT molecular complexity index is 997. The highest BCUT2D eigenvalue weighted by molar-refractivity contribution is 7.15. The van der Waals surface area contributed by atoms with Crippen LogP contribution in [-0.4, -0.2) is 27.0 Å². The van der Waals surface area contributed by atoms with Crippen LogP contribution in [0.4, 0.5) is 16.0 Å². The van der Waals surface area contributed by atoms with Gasteiger partial charge >= 0.3 is 0 Å². The number of anilines is 3. The van der Waals surface area contributed by atoms with E-state index in [-0.39, 0.29) is 11.8 Å². The molecule has 0 fully saturated rings. The van der Waals surface area contributed by atoms with Gasteiger partial charge in [0, 0.05) is 24.8 Å². The molecule has 3 rings (SSSR count). The van der Waals surface area contributed by atoms with E-state index in [2.05, 4.69) is 27.4 Å². The molecule has 29 heavy (non-hydrogen) atoms. The summed E-state index contributed by atoms with van der Waals surface area (Å²) in [7, 11) is 0. The van der Waals surface area contributed by atoms with Gasteiger partial charge in [-0.25, -0.2) is 4.98 Å². The largest absolute Gasteiger partial charge is 0.297 e. The molecule has 0 saturated carbocycles. The van der Waals surface area contributed by atoms with Crippen LogP contribution in [0, 0.1) is 0 Å². The molecule has 0 bridgehead atoms. The Labute approximate surface area is 177 Å². The van der Waals surface area contributed by atoms with E-state index in [1.165, 1.54) is 35.7 Å². The van der Waals surface area contributed by atoms with Gasteiger partial charge < -0.3 is 0 Å². The summed E-state index contributed by atoms with van der Waals surface area (Å²) in [6.45, 7) is 3.61. The first-order valence-electron chi connectivity index (χ1n) is 9.19. The molecule has 0 saturated heterocycles. The number of benzene rings is 1. The van der Waals surface area contributed by atoms with Gasteiger partial charge in [0.1, 0.15) is 5.01 Å². The molecule has 0 spiro atoms. The van der Waals surface area contributed by atoms with Gasteiger partial charge in [0.15, 0.2) is 5.13 Å². The van der Waals surface area contributed by atoms with Gasteiger partial charge in [-0.05, 0) is 24.6 Å². The maximum Gasteiger partial charge on any atom is 0.250 e. The Morgan fingerprint density at radius 3 is 2.72 bits per heavy atom. The summed E-state index contributed by atoms with van der Waals surface area (Å²) in [6, 6.07) is 9.32. The van der Waals surface area contributed by atoms with Crippen LogP contribution in [0.2, 0.25) is 0 Å².